The first-order valence-corrected chi connectivity index (χ1v) is 9.38. The molecule has 0 aliphatic heterocycles. The van der Waals surface area contributed by atoms with Gasteiger partial charge in [0.1, 0.15) is 0 Å². The van der Waals surface area contributed by atoms with Gasteiger partial charge in [0.2, 0.25) is 0 Å². The minimum atomic E-state index is -0.560. The molecular formula is C20H26N4O3. The lowest BCUT2D eigenvalue weighted by Crippen LogP contribution is -2.39. The summed E-state index contributed by atoms with van der Waals surface area (Å²) >= 11 is 0. The fraction of sp³-hybridized carbons (Fsp3) is 0.500. The molecule has 1 amide bonds. The number of ether oxygens (including phenoxy) is 1. The maximum atomic E-state index is 12.1. The quantitative estimate of drug-likeness (QED) is 0.818. The highest BCUT2D eigenvalue weighted by atomic mass is 16.5. The van der Waals surface area contributed by atoms with E-state index in [1.54, 1.807) is 16.8 Å². The molecule has 1 saturated carbocycles. The molecule has 1 fully saturated rings. The molecule has 3 rings (SSSR count). The Hall–Kier alpha value is -2.70. The number of amides is 1. The second kappa shape index (κ2) is 8.33. The maximum absolute atomic E-state index is 12.1. The molecule has 27 heavy (non-hydrogen) atoms. The minimum absolute atomic E-state index is 0.189. The van der Waals surface area contributed by atoms with Gasteiger partial charge in [-0.15, -0.1) is 0 Å². The number of esters is 1. The summed E-state index contributed by atoms with van der Waals surface area (Å²) < 4.78 is 6.82. The average Bonchev–Trinajstić information content (AvgIpc) is 3.00. The number of nitrogens with zero attached hydrogens (tertiary/aromatic N) is 3. The zero-order valence-corrected chi connectivity index (χ0v) is 16.1. The third-order valence-electron chi connectivity index (χ3n) is 4.93. The smallest absolute Gasteiger partial charge is 0.340 e. The van der Waals surface area contributed by atoms with Crippen molar-refractivity contribution in [3.05, 3.63) is 41.3 Å². The number of hydrogen-bond donors (Lipinski definition) is 1. The van der Waals surface area contributed by atoms with Crippen molar-refractivity contribution in [1.82, 2.24) is 20.1 Å². The number of aromatic nitrogens is 3. The van der Waals surface area contributed by atoms with E-state index >= 15 is 0 Å². The predicted octanol–water partition coefficient (Wildman–Crippen LogP) is 2.74. The Morgan fingerprint density at radius 1 is 1.22 bits per heavy atom. The van der Waals surface area contributed by atoms with Crippen molar-refractivity contribution in [3.63, 3.8) is 0 Å². The van der Waals surface area contributed by atoms with E-state index in [0.29, 0.717) is 11.4 Å². The second-order valence-electron chi connectivity index (χ2n) is 7.34. The van der Waals surface area contributed by atoms with Crippen molar-refractivity contribution in [1.29, 1.82) is 0 Å². The molecule has 0 spiro atoms. The number of carbonyl (C=O) groups is 2. The van der Waals surface area contributed by atoms with Crippen LogP contribution in [0.15, 0.2) is 24.4 Å². The summed E-state index contributed by atoms with van der Waals surface area (Å²) in [6, 6.07) is 5.48. The highest BCUT2D eigenvalue weighted by Gasteiger charge is 2.20. The SMILES string of the molecule is Cc1cc(C)n(-c2ccc(C(=O)OCC(=O)NC3CCC(C)CC3)cn2)n1. The second-order valence-corrected chi connectivity index (χ2v) is 7.34. The van der Waals surface area contributed by atoms with Crippen molar-refractivity contribution in [2.75, 3.05) is 6.61 Å². The van der Waals surface area contributed by atoms with Gasteiger partial charge in [-0.2, -0.15) is 5.10 Å². The molecule has 2 aromatic rings. The molecule has 0 unspecified atom stereocenters. The Balaban J connectivity index is 1.50. The van der Waals surface area contributed by atoms with Gasteiger partial charge in [-0.3, -0.25) is 4.79 Å². The summed E-state index contributed by atoms with van der Waals surface area (Å²) in [6.07, 6.45) is 5.65. The van der Waals surface area contributed by atoms with E-state index in [9.17, 15) is 9.59 Å². The van der Waals surface area contributed by atoms with Crippen LogP contribution in [-0.2, 0) is 9.53 Å². The molecule has 7 heteroatoms. The van der Waals surface area contributed by atoms with Gasteiger partial charge < -0.3 is 10.1 Å². The molecule has 1 aliphatic carbocycles. The van der Waals surface area contributed by atoms with Crippen LogP contribution in [0.2, 0.25) is 0 Å². The van der Waals surface area contributed by atoms with Crippen molar-refractivity contribution in [3.8, 4) is 5.82 Å². The fourth-order valence-electron chi connectivity index (χ4n) is 3.38. The Morgan fingerprint density at radius 3 is 2.56 bits per heavy atom. The lowest BCUT2D eigenvalue weighted by Gasteiger charge is -2.26. The molecule has 2 aromatic heterocycles. The van der Waals surface area contributed by atoms with Gasteiger partial charge in [0.15, 0.2) is 12.4 Å². The third-order valence-corrected chi connectivity index (χ3v) is 4.93. The van der Waals surface area contributed by atoms with Crippen LogP contribution in [0.25, 0.3) is 5.82 Å². The molecule has 0 saturated heterocycles. The van der Waals surface area contributed by atoms with Crippen LogP contribution in [-0.4, -0.2) is 39.3 Å². The predicted molar refractivity (Wildman–Crippen MR) is 101 cm³/mol. The zero-order chi connectivity index (χ0) is 19.4. The molecule has 0 radical (unpaired) electrons. The van der Waals surface area contributed by atoms with Gasteiger partial charge >= 0.3 is 5.97 Å². The van der Waals surface area contributed by atoms with Crippen LogP contribution in [0, 0.1) is 19.8 Å². The normalized spacial score (nSPS) is 19.5. The number of aryl methyl sites for hydroxylation is 2. The molecular weight excluding hydrogens is 344 g/mol. The maximum Gasteiger partial charge on any atom is 0.340 e. The highest BCUT2D eigenvalue weighted by Crippen LogP contribution is 2.23. The van der Waals surface area contributed by atoms with Gasteiger partial charge in [-0.25, -0.2) is 14.5 Å². The van der Waals surface area contributed by atoms with E-state index < -0.39 is 5.97 Å². The molecule has 7 nitrogen and oxygen atoms in total. The van der Waals surface area contributed by atoms with Crippen molar-refractivity contribution in [2.45, 2.75) is 52.5 Å². The lowest BCUT2D eigenvalue weighted by atomic mass is 9.87. The number of carbonyl (C=O) groups excluding carboxylic acids is 2. The monoisotopic (exact) mass is 370 g/mol. The number of hydrogen-bond acceptors (Lipinski definition) is 5. The van der Waals surface area contributed by atoms with Gasteiger partial charge in [0, 0.05) is 17.9 Å². The van der Waals surface area contributed by atoms with E-state index in [1.165, 1.54) is 6.20 Å². The molecule has 1 aliphatic rings. The summed E-state index contributed by atoms with van der Waals surface area (Å²) in [5.74, 6) is 0.535. The average molecular weight is 370 g/mol. The van der Waals surface area contributed by atoms with Crippen molar-refractivity contribution >= 4 is 11.9 Å². The Morgan fingerprint density at radius 2 is 1.96 bits per heavy atom. The minimum Gasteiger partial charge on any atom is -0.452 e. The first kappa shape index (κ1) is 19.1. The topological polar surface area (TPSA) is 86.1 Å². The standard InChI is InChI=1S/C20H26N4O3/c1-13-4-7-17(8-5-13)22-19(25)12-27-20(26)16-6-9-18(21-11-16)24-15(3)10-14(2)23-24/h6,9-11,13,17H,4-5,7-8,12H2,1-3H3,(H,22,25). The molecule has 144 valence electrons. The van der Waals surface area contributed by atoms with Crippen LogP contribution < -0.4 is 5.32 Å². The summed E-state index contributed by atoms with van der Waals surface area (Å²) in [7, 11) is 0. The van der Waals surface area contributed by atoms with Gasteiger partial charge in [0.05, 0.1) is 11.3 Å². The number of rotatable bonds is 5. The van der Waals surface area contributed by atoms with Crippen LogP contribution in [0.5, 0.6) is 0 Å². The largest absolute Gasteiger partial charge is 0.452 e. The number of pyridine rings is 1. The van der Waals surface area contributed by atoms with Gasteiger partial charge in [-0.1, -0.05) is 6.92 Å². The summed E-state index contributed by atoms with van der Waals surface area (Å²) in [5.41, 5.74) is 2.17. The van der Waals surface area contributed by atoms with E-state index in [1.807, 2.05) is 19.9 Å². The third kappa shape index (κ3) is 4.93. The van der Waals surface area contributed by atoms with Crippen LogP contribution in [0.3, 0.4) is 0 Å². The Labute approximate surface area is 159 Å². The van der Waals surface area contributed by atoms with Crippen molar-refractivity contribution < 1.29 is 14.3 Å². The van der Waals surface area contributed by atoms with Crippen LogP contribution in [0.1, 0.15) is 54.4 Å². The first-order chi connectivity index (χ1) is 12.9. The zero-order valence-electron chi connectivity index (χ0n) is 16.1. The van der Waals surface area contributed by atoms with Crippen LogP contribution in [0.4, 0.5) is 0 Å². The van der Waals surface area contributed by atoms with E-state index in [2.05, 4.69) is 22.3 Å². The van der Waals surface area contributed by atoms with E-state index in [-0.39, 0.29) is 18.6 Å². The summed E-state index contributed by atoms with van der Waals surface area (Å²) in [4.78, 5) is 28.4. The Kier molecular flexibility index (Phi) is 5.88. The molecule has 0 bridgehead atoms. The van der Waals surface area contributed by atoms with Crippen LogP contribution >= 0.6 is 0 Å². The first-order valence-electron chi connectivity index (χ1n) is 9.38. The van der Waals surface area contributed by atoms with E-state index in [0.717, 1.165) is 43.0 Å². The lowest BCUT2D eigenvalue weighted by molar-refractivity contribution is -0.125. The fourth-order valence-corrected chi connectivity index (χ4v) is 3.38. The van der Waals surface area contributed by atoms with Gasteiger partial charge in [-0.05, 0) is 63.6 Å². The van der Waals surface area contributed by atoms with Gasteiger partial charge in [0.25, 0.3) is 5.91 Å². The Bertz CT molecular complexity index is 805. The summed E-state index contributed by atoms with van der Waals surface area (Å²) in [5, 5.41) is 7.30. The molecule has 0 aromatic carbocycles. The van der Waals surface area contributed by atoms with E-state index in [4.69, 9.17) is 4.74 Å². The number of nitrogens with one attached hydrogen (secondary N) is 1. The highest BCUT2D eigenvalue weighted by molar-refractivity contribution is 5.91. The summed E-state index contributed by atoms with van der Waals surface area (Å²) in [6.45, 7) is 5.81. The molecule has 0 atom stereocenters. The molecule has 2 heterocycles. The van der Waals surface area contributed by atoms with Crippen molar-refractivity contribution in [2.24, 2.45) is 5.92 Å². The molecule has 1 N–H and O–H groups in total.